The van der Waals surface area contributed by atoms with Crippen molar-refractivity contribution in [3.8, 4) is 5.75 Å². The van der Waals surface area contributed by atoms with Gasteiger partial charge in [0.15, 0.2) is 11.6 Å². The third-order valence-electron chi connectivity index (χ3n) is 2.34. The highest BCUT2D eigenvalue weighted by Crippen LogP contribution is 2.25. The van der Waals surface area contributed by atoms with Crippen molar-refractivity contribution in [2.45, 2.75) is 12.5 Å². The molecule has 2 rings (SSSR count). The summed E-state index contributed by atoms with van der Waals surface area (Å²) in [7, 11) is 0. The first kappa shape index (κ1) is 12.8. The van der Waals surface area contributed by atoms with Gasteiger partial charge in [0.05, 0.1) is 12.1 Å². The Morgan fingerprint density at radius 3 is 2.78 bits per heavy atom. The van der Waals surface area contributed by atoms with E-state index in [9.17, 15) is 8.78 Å². The topological polar surface area (TPSA) is 22.1 Å². The van der Waals surface area contributed by atoms with Crippen LogP contribution >= 0.6 is 11.6 Å². The fourth-order valence-corrected chi connectivity index (χ4v) is 1.72. The van der Waals surface area contributed by atoms with Gasteiger partial charge in [-0.2, -0.15) is 0 Å². The Balaban J connectivity index is 2.15. The van der Waals surface area contributed by atoms with E-state index in [1.807, 2.05) is 0 Å². The summed E-state index contributed by atoms with van der Waals surface area (Å²) in [5.74, 6) is -0.703. The van der Waals surface area contributed by atoms with E-state index in [4.69, 9.17) is 16.3 Å². The molecule has 0 spiro atoms. The molecule has 0 aliphatic carbocycles. The number of hydrogen-bond donors (Lipinski definition) is 0. The van der Waals surface area contributed by atoms with Gasteiger partial charge in [0.1, 0.15) is 12.4 Å². The predicted octanol–water partition coefficient (Wildman–Crippen LogP) is 3.68. The molecule has 0 fully saturated rings. The molecule has 2 aromatic rings. The van der Waals surface area contributed by atoms with Crippen molar-refractivity contribution in [1.82, 2.24) is 4.98 Å². The molecule has 1 aromatic carbocycles. The quantitative estimate of drug-likeness (QED) is 0.790. The molecule has 5 heteroatoms. The normalized spacial score (nSPS) is 10.4. The molecule has 0 atom stereocenters. The second-order valence-electron chi connectivity index (χ2n) is 3.66. The first-order valence-electron chi connectivity index (χ1n) is 5.26. The fraction of sp³-hybridized carbons (Fsp3) is 0.154. The Bertz CT molecular complexity index is 548. The molecule has 1 heterocycles. The van der Waals surface area contributed by atoms with E-state index in [2.05, 4.69) is 4.98 Å². The molecule has 0 amide bonds. The average molecular weight is 270 g/mol. The molecule has 0 aliphatic rings. The van der Waals surface area contributed by atoms with Crippen LogP contribution < -0.4 is 4.74 Å². The van der Waals surface area contributed by atoms with E-state index >= 15 is 0 Å². The van der Waals surface area contributed by atoms with E-state index in [0.717, 1.165) is 6.20 Å². The number of nitrogens with zero attached hydrogens (tertiary/aromatic N) is 1. The van der Waals surface area contributed by atoms with Gasteiger partial charge in [-0.05, 0) is 12.1 Å². The number of alkyl halides is 1. The fourth-order valence-electron chi connectivity index (χ4n) is 1.51. The highest BCUT2D eigenvalue weighted by Gasteiger charge is 2.09. The monoisotopic (exact) mass is 269 g/mol. The lowest BCUT2D eigenvalue weighted by Crippen LogP contribution is -2.01. The second-order valence-corrected chi connectivity index (χ2v) is 3.93. The van der Waals surface area contributed by atoms with Crippen LogP contribution in [0, 0.1) is 11.6 Å². The Labute approximate surface area is 108 Å². The van der Waals surface area contributed by atoms with E-state index in [-0.39, 0.29) is 18.2 Å². The minimum Gasteiger partial charge on any atom is -0.485 e. The average Bonchev–Trinajstić information content (AvgIpc) is 2.37. The number of benzene rings is 1. The maximum Gasteiger partial charge on any atom is 0.165 e. The van der Waals surface area contributed by atoms with Crippen molar-refractivity contribution >= 4 is 11.6 Å². The lowest BCUT2D eigenvalue weighted by Gasteiger charge is -2.10. The lowest BCUT2D eigenvalue weighted by molar-refractivity contribution is 0.287. The molecular formula is C13H10ClF2NO. The van der Waals surface area contributed by atoms with Gasteiger partial charge in [0.2, 0.25) is 0 Å². The molecule has 0 saturated heterocycles. The SMILES string of the molecule is Fc1cncc(COc2c(F)cccc2CCl)c1. The largest absolute Gasteiger partial charge is 0.485 e. The summed E-state index contributed by atoms with van der Waals surface area (Å²) in [5, 5.41) is 0. The van der Waals surface area contributed by atoms with Crippen molar-refractivity contribution in [1.29, 1.82) is 0 Å². The highest BCUT2D eigenvalue weighted by atomic mass is 35.5. The van der Waals surface area contributed by atoms with Crippen LogP contribution in [-0.2, 0) is 12.5 Å². The number of pyridine rings is 1. The standard InChI is InChI=1S/C13H10ClF2NO/c14-5-10-2-1-3-12(16)13(10)18-8-9-4-11(15)7-17-6-9/h1-4,6-7H,5,8H2. The third kappa shape index (κ3) is 2.96. The number of para-hydroxylation sites is 1. The zero-order chi connectivity index (χ0) is 13.0. The van der Waals surface area contributed by atoms with E-state index in [1.54, 1.807) is 12.1 Å². The van der Waals surface area contributed by atoms with Gasteiger partial charge in [-0.15, -0.1) is 11.6 Å². The van der Waals surface area contributed by atoms with Crippen LogP contribution in [0.15, 0.2) is 36.7 Å². The van der Waals surface area contributed by atoms with Gasteiger partial charge >= 0.3 is 0 Å². The first-order chi connectivity index (χ1) is 8.70. The maximum absolute atomic E-state index is 13.5. The minimum absolute atomic E-state index is 0.0373. The second kappa shape index (κ2) is 5.78. The van der Waals surface area contributed by atoms with Crippen LogP contribution in [0.5, 0.6) is 5.75 Å². The van der Waals surface area contributed by atoms with Crippen molar-refractivity contribution < 1.29 is 13.5 Å². The third-order valence-corrected chi connectivity index (χ3v) is 2.63. The summed E-state index contributed by atoms with van der Waals surface area (Å²) in [5.41, 5.74) is 1.08. The number of rotatable bonds is 4. The molecule has 18 heavy (non-hydrogen) atoms. The molecule has 0 unspecified atom stereocenters. The molecular weight excluding hydrogens is 260 g/mol. The van der Waals surface area contributed by atoms with Crippen LogP contribution in [-0.4, -0.2) is 4.98 Å². The number of ether oxygens (including phenoxy) is 1. The van der Waals surface area contributed by atoms with Crippen molar-refractivity contribution in [3.05, 3.63) is 59.4 Å². The van der Waals surface area contributed by atoms with E-state index in [0.29, 0.717) is 11.1 Å². The van der Waals surface area contributed by atoms with Gasteiger partial charge < -0.3 is 4.74 Å². The predicted molar refractivity (Wildman–Crippen MR) is 64.5 cm³/mol. The van der Waals surface area contributed by atoms with Gasteiger partial charge in [-0.3, -0.25) is 4.98 Å². The summed E-state index contributed by atoms with van der Waals surface area (Å²) < 4.78 is 31.8. The van der Waals surface area contributed by atoms with Gasteiger partial charge in [0.25, 0.3) is 0 Å². The molecule has 0 saturated carbocycles. The zero-order valence-electron chi connectivity index (χ0n) is 9.37. The van der Waals surface area contributed by atoms with Crippen LogP contribution in [0.25, 0.3) is 0 Å². The van der Waals surface area contributed by atoms with E-state index < -0.39 is 11.6 Å². The molecule has 94 valence electrons. The first-order valence-corrected chi connectivity index (χ1v) is 5.79. The van der Waals surface area contributed by atoms with Crippen molar-refractivity contribution in [2.24, 2.45) is 0 Å². The van der Waals surface area contributed by atoms with Crippen LogP contribution in [0.2, 0.25) is 0 Å². The molecule has 0 bridgehead atoms. The number of hydrogen-bond acceptors (Lipinski definition) is 2. The van der Waals surface area contributed by atoms with E-state index in [1.165, 1.54) is 18.3 Å². The molecule has 0 N–H and O–H groups in total. The molecule has 0 radical (unpaired) electrons. The van der Waals surface area contributed by atoms with Crippen molar-refractivity contribution in [2.75, 3.05) is 0 Å². The summed E-state index contributed by atoms with van der Waals surface area (Å²) in [6.45, 7) is 0.0373. The molecule has 1 aromatic heterocycles. The molecule has 2 nitrogen and oxygen atoms in total. The summed E-state index contributed by atoms with van der Waals surface area (Å²) in [6.07, 6.45) is 2.56. The summed E-state index contributed by atoms with van der Waals surface area (Å²) in [4.78, 5) is 3.69. The Morgan fingerprint density at radius 1 is 1.22 bits per heavy atom. The smallest absolute Gasteiger partial charge is 0.165 e. The summed E-state index contributed by atoms with van der Waals surface area (Å²) >= 11 is 5.69. The Morgan fingerprint density at radius 2 is 2.06 bits per heavy atom. The summed E-state index contributed by atoms with van der Waals surface area (Å²) in [6, 6.07) is 5.81. The van der Waals surface area contributed by atoms with Gasteiger partial charge in [0, 0.05) is 17.3 Å². The molecule has 0 aliphatic heterocycles. The van der Waals surface area contributed by atoms with Gasteiger partial charge in [-0.25, -0.2) is 8.78 Å². The van der Waals surface area contributed by atoms with Crippen LogP contribution in [0.3, 0.4) is 0 Å². The number of halogens is 3. The van der Waals surface area contributed by atoms with Crippen LogP contribution in [0.1, 0.15) is 11.1 Å². The lowest BCUT2D eigenvalue weighted by atomic mass is 10.2. The highest BCUT2D eigenvalue weighted by molar-refractivity contribution is 6.17. The number of aromatic nitrogens is 1. The van der Waals surface area contributed by atoms with Gasteiger partial charge in [-0.1, -0.05) is 12.1 Å². The van der Waals surface area contributed by atoms with Crippen molar-refractivity contribution in [3.63, 3.8) is 0 Å². The minimum atomic E-state index is -0.488. The maximum atomic E-state index is 13.5. The Kier molecular flexibility index (Phi) is 4.10. The Hall–Kier alpha value is -1.68. The van der Waals surface area contributed by atoms with Crippen LogP contribution in [0.4, 0.5) is 8.78 Å². The zero-order valence-corrected chi connectivity index (χ0v) is 10.1.